The molecule has 0 saturated carbocycles. The number of hydrogen-bond donors (Lipinski definition) is 1. The van der Waals surface area contributed by atoms with E-state index in [0.29, 0.717) is 12.2 Å². The van der Waals surface area contributed by atoms with Gasteiger partial charge in [0, 0.05) is 28.7 Å². The number of fused-ring (bicyclic) bond motifs is 1. The van der Waals surface area contributed by atoms with Gasteiger partial charge in [-0.15, -0.1) is 0 Å². The van der Waals surface area contributed by atoms with E-state index in [1.807, 2.05) is 0 Å². The summed E-state index contributed by atoms with van der Waals surface area (Å²) in [6.45, 7) is 0.330. The summed E-state index contributed by atoms with van der Waals surface area (Å²) in [7, 11) is 0. The van der Waals surface area contributed by atoms with Crippen molar-refractivity contribution in [2.24, 2.45) is 0 Å². The van der Waals surface area contributed by atoms with E-state index in [4.69, 9.17) is 0 Å². The maximum atomic E-state index is 13.3. The Hall–Kier alpha value is -0.640. The third kappa shape index (κ3) is 1.55. The second-order valence-corrected chi connectivity index (χ2v) is 3.99. The molecule has 1 nitrogen and oxygen atoms in total. The topological polar surface area (TPSA) is 12.0 Å². The molecule has 0 aromatic heterocycles. The number of benzene rings is 1. The number of halogens is 3. The summed E-state index contributed by atoms with van der Waals surface area (Å²) in [5, 5.41) is 2.95. The fourth-order valence-corrected chi connectivity index (χ4v) is 1.83. The molecular weight excluding hydrogens is 240 g/mol. The lowest BCUT2D eigenvalue weighted by Crippen LogP contribution is -2.25. The number of alkyl halides is 2. The molecule has 1 aliphatic rings. The van der Waals surface area contributed by atoms with Crippen molar-refractivity contribution >= 4 is 21.6 Å². The van der Waals surface area contributed by atoms with E-state index >= 15 is 0 Å². The molecule has 0 atom stereocenters. The van der Waals surface area contributed by atoms with Crippen LogP contribution in [0.25, 0.3) is 0 Å². The fraction of sp³-hybridized carbons (Fsp3) is 0.333. The standard InChI is InChI=1S/C9H8BrF2N/c10-6-1-2-7-8(5-6)13-4-3-9(7,11)12/h1-2,5,13H,3-4H2. The first-order chi connectivity index (χ1) is 6.09. The van der Waals surface area contributed by atoms with Crippen LogP contribution in [0.5, 0.6) is 0 Å². The van der Waals surface area contributed by atoms with E-state index < -0.39 is 5.92 Å². The molecular formula is C9H8BrF2N. The van der Waals surface area contributed by atoms with Crippen LogP contribution in [0.2, 0.25) is 0 Å². The summed E-state index contributed by atoms with van der Waals surface area (Å²) >= 11 is 3.24. The minimum absolute atomic E-state index is 0.0990. The van der Waals surface area contributed by atoms with Crippen molar-refractivity contribution in [3.63, 3.8) is 0 Å². The van der Waals surface area contributed by atoms with Gasteiger partial charge in [0.25, 0.3) is 5.92 Å². The zero-order valence-corrected chi connectivity index (χ0v) is 8.37. The zero-order chi connectivity index (χ0) is 9.47. The Morgan fingerprint density at radius 3 is 2.92 bits per heavy atom. The van der Waals surface area contributed by atoms with E-state index in [2.05, 4.69) is 21.2 Å². The third-order valence-electron chi connectivity index (χ3n) is 2.13. The monoisotopic (exact) mass is 247 g/mol. The molecule has 0 aliphatic carbocycles. The average molecular weight is 248 g/mol. The molecule has 0 radical (unpaired) electrons. The van der Waals surface area contributed by atoms with Crippen LogP contribution in [0.3, 0.4) is 0 Å². The van der Waals surface area contributed by atoms with Gasteiger partial charge in [-0.3, -0.25) is 0 Å². The third-order valence-corrected chi connectivity index (χ3v) is 2.62. The Bertz CT molecular complexity index is 338. The SMILES string of the molecule is FC1(F)CCNc2cc(Br)ccc21. The van der Waals surface area contributed by atoms with Crippen molar-refractivity contribution in [1.82, 2.24) is 0 Å². The molecule has 1 aromatic rings. The highest BCUT2D eigenvalue weighted by atomic mass is 79.9. The minimum atomic E-state index is -2.68. The van der Waals surface area contributed by atoms with Crippen molar-refractivity contribution < 1.29 is 8.78 Å². The van der Waals surface area contributed by atoms with E-state index in [0.717, 1.165) is 4.47 Å². The number of rotatable bonds is 0. The first-order valence-electron chi connectivity index (χ1n) is 4.01. The molecule has 1 heterocycles. The Labute approximate surface area is 83.3 Å². The molecule has 1 N–H and O–H groups in total. The summed E-state index contributed by atoms with van der Waals surface area (Å²) in [5.41, 5.74) is 0.632. The summed E-state index contributed by atoms with van der Waals surface area (Å²) < 4.78 is 27.4. The van der Waals surface area contributed by atoms with Crippen LogP contribution in [0, 0.1) is 0 Å². The molecule has 2 rings (SSSR count). The molecule has 70 valence electrons. The lowest BCUT2D eigenvalue weighted by molar-refractivity contribution is -0.0122. The predicted molar refractivity (Wildman–Crippen MR) is 51.1 cm³/mol. The molecule has 0 unspecified atom stereocenters. The first-order valence-corrected chi connectivity index (χ1v) is 4.81. The van der Waals surface area contributed by atoms with Crippen LogP contribution in [-0.4, -0.2) is 6.54 Å². The molecule has 0 spiro atoms. The van der Waals surface area contributed by atoms with Gasteiger partial charge in [-0.1, -0.05) is 15.9 Å². The van der Waals surface area contributed by atoms with Crippen LogP contribution in [-0.2, 0) is 5.92 Å². The zero-order valence-electron chi connectivity index (χ0n) is 6.78. The second-order valence-electron chi connectivity index (χ2n) is 3.07. The molecule has 13 heavy (non-hydrogen) atoms. The minimum Gasteiger partial charge on any atom is -0.384 e. The van der Waals surface area contributed by atoms with Gasteiger partial charge in [0.15, 0.2) is 0 Å². The van der Waals surface area contributed by atoms with Gasteiger partial charge in [0.2, 0.25) is 0 Å². The number of anilines is 1. The highest BCUT2D eigenvalue weighted by Gasteiger charge is 2.36. The van der Waals surface area contributed by atoms with Crippen LogP contribution in [0.15, 0.2) is 22.7 Å². The summed E-state index contributed by atoms with van der Waals surface area (Å²) in [6, 6.07) is 4.79. The van der Waals surface area contributed by atoms with E-state index in [-0.39, 0.29) is 12.0 Å². The molecule has 1 aliphatic heterocycles. The number of hydrogen-bond acceptors (Lipinski definition) is 1. The molecule has 0 bridgehead atoms. The lowest BCUT2D eigenvalue weighted by Gasteiger charge is -2.26. The average Bonchev–Trinajstić information content (AvgIpc) is 2.02. The molecule has 4 heteroatoms. The Kier molecular flexibility index (Phi) is 2.02. The molecule has 0 fully saturated rings. The maximum Gasteiger partial charge on any atom is 0.276 e. The van der Waals surface area contributed by atoms with E-state index in [1.54, 1.807) is 12.1 Å². The molecule has 0 saturated heterocycles. The Morgan fingerprint density at radius 2 is 2.15 bits per heavy atom. The first kappa shape index (κ1) is 8.94. The number of nitrogens with one attached hydrogen (secondary N) is 1. The normalized spacial score (nSPS) is 19.0. The van der Waals surface area contributed by atoms with Crippen LogP contribution in [0.4, 0.5) is 14.5 Å². The van der Waals surface area contributed by atoms with Crippen LogP contribution in [0.1, 0.15) is 12.0 Å². The van der Waals surface area contributed by atoms with E-state index in [9.17, 15) is 8.78 Å². The van der Waals surface area contributed by atoms with Gasteiger partial charge in [0.05, 0.1) is 0 Å². The maximum absolute atomic E-state index is 13.3. The second kappa shape index (κ2) is 2.94. The highest BCUT2D eigenvalue weighted by Crippen LogP contribution is 2.40. The van der Waals surface area contributed by atoms with E-state index in [1.165, 1.54) is 6.07 Å². The quantitative estimate of drug-likeness (QED) is 0.742. The summed E-state index contributed by atoms with van der Waals surface area (Å²) in [5.74, 6) is -2.68. The Balaban J connectivity index is 2.53. The predicted octanol–water partition coefficient (Wildman–Crippen LogP) is 3.36. The van der Waals surface area contributed by atoms with Crippen LogP contribution >= 0.6 is 15.9 Å². The van der Waals surface area contributed by atoms with Gasteiger partial charge in [-0.2, -0.15) is 0 Å². The van der Waals surface area contributed by atoms with Gasteiger partial charge >= 0.3 is 0 Å². The van der Waals surface area contributed by atoms with Crippen molar-refractivity contribution in [3.8, 4) is 0 Å². The fourth-order valence-electron chi connectivity index (χ4n) is 1.47. The van der Waals surface area contributed by atoms with Gasteiger partial charge in [-0.05, 0) is 18.2 Å². The lowest BCUT2D eigenvalue weighted by atomic mass is 10.00. The van der Waals surface area contributed by atoms with Crippen molar-refractivity contribution in [2.75, 3.05) is 11.9 Å². The van der Waals surface area contributed by atoms with Crippen molar-refractivity contribution in [2.45, 2.75) is 12.3 Å². The molecule has 1 aromatic carbocycles. The van der Waals surface area contributed by atoms with Gasteiger partial charge < -0.3 is 5.32 Å². The summed E-state index contributed by atoms with van der Waals surface area (Å²) in [4.78, 5) is 0. The highest BCUT2D eigenvalue weighted by molar-refractivity contribution is 9.10. The Morgan fingerprint density at radius 1 is 1.38 bits per heavy atom. The summed E-state index contributed by atoms with van der Waals surface area (Å²) in [6.07, 6.45) is -0.123. The van der Waals surface area contributed by atoms with Crippen molar-refractivity contribution in [3.05, 3.63) is 28.2 Å². The largest absolute Gasteiger partial charge is 0.384 e. The van der Waals surface area contributed by atoms with Crippen molar-refractivity contribution in [1.29, 1.82) is 0 Å². The smallest absolute Gasteiger partial charge is 0.276 e. The van der Waals surface area contributed by atoms with Gasteiger partial charge in [-0.25, -0.2) is 8.78 Å². The van der Waals surface area contributed by atoms with Crippen LogP contribution < -0.4 is 5.32 Å². The molecule has 0 amide bonds. The van der Waals surface area contributed by atoms with Gasteiger partial charge in [0.1, 0.15) is 0 Å².